The number of likely N-dealkylation sites (tertiary alicyclic amines) is 1. The molecule has 1 N–H and O–H groups in total. The quantitative estimate of drug-likeness (QED) is 0.608. The Bertz CT molecular complexity index is 1120. The fourth-order valence-corrected chi connectivity index (χ4v) is 6.04. The summed E-state index contributed by atoms with van der Waals surface area (Å²) >= 11 is 6.54. The Hall–Kier alpha value is -2.60. The first-order valence-corrected chi connectivity index (χ1v) is 13.6. The maximum absolute atomic E-state index is 9.23. The van der Waals surface area contributed by atoms with E-state index in [-0.39, 0.29) is 6.04 Å². The molecule has 1 aromatic carbocycles. The highest BCUT2D eigenvalue weighted by Gasteiger charge is 2.30. The van der Waals surface area contributed by atoms with E-state index in [1.807, 2.05) is 12.1 Å². The third-order valence-electron chi connectivity index (χ3n) is 7.78. The number of likely N-dealkylation sites (N-methyl/N-ethyl adjacent to an activating group) is 1. The summed E-state index contributed by atoms with van der Waals surface area (Å²) in [7, 11) is 2.16. The number of hydrogen-bond donors (Lipinski definition) is 1. The molecule has 2 aromatic rings. The number of benzene rings is 1. The molecule has 0 bridgehead atoms. The van der Waals surface area contributed by atoms with Crippen molar-refractivity contribution in [2.45, 2.75) is 57.7 Å². The van der Waals surface area contributed by atoms with Crippen LogP contribution in [-0.2, 0) is 19.4 Å². The monoisotopic (exact) mass is 509 g/mol. The van der Waals surface area contributed by atoms with Crippen molar-refractivity contribution in [1.82, 2.24) is 20.2 Å². The molecule has 36 heavy (non-hydrogen) atoms. The van der Waals surface area contributed by atoms with E-state index < -0.39 is 0 Å². The molecule has 192 valence electrons. The molecule has 1 aromatic heterocycles. The summed E-state index contributed by atoms with van der Waals surface area (Å²) in [6, 6.07) is 9.48. The Morgan fingerprint density at radius 3 is 2.89 bits per heavy atom. The number of hydrogen-bond acceptors (Lipinski definition) is 8. The number of ether oxygens (including phenoxy) is 1. The van der Waals surface area contributed by atoms with Gasteiger partial charge < -0.3 is 24.8 Å². The normalized spacial score (nSPS) is 22.4. The summed E-state index contributed by atoms with van der Waals surface area (Å²) in [4.78, 5) is 17.0. The van der Waals surface area contributed by atoms with Crippen LogP contribution in [0.15, 0.2) is 18.2 Å². The number of aromatic nitrogens is 2. The summed E-state index contributed by atoms with van der Waals surface area (Å²) < 4.78 is 6.24. The third kappa shape index (κ3) is 5.24. The second-order valence-corrected chi connectivity index (χ2v) is 10.5. The molecular formula is C27H36ClN7O. The van der Waals surface area contributed by atoms with Gasteiger partial charge in [0.1, 0.15) is 12.4 Å². The van der Waals surface area contributed by atoms with E-state index in [9.17, 15) is 5.26 Å². The molecular weight excluding hydrogens is 474 g/mol. The van der Waals surface area contributed by atoms with Crippen molar-refractivity contribution >= 4 is 23.1 Å². The van der Waals surface area contributed by atoms with Crippen LogP contribution in [0, 0.1) is 11.3 Å². The van der Waals surface area contributed by atoms with Gasteiger partial charge in [-0.15, -0.1) is 0 Å². The molecule has 3 aliphatic heterocycles. The van der Waals surface area contributed by atoms with Crippen molar-refractivity contribution < 1.29 is 4.74 Å². The van der Waals surface area contributed by atoms with Crippen molar-refractivity contribution in [3.8, 4) is 12.1 Å². The number of nitrogens with zero attached hydrogens (tertiary/aromatic N) is 6. The molecule has 0 amide bonds. The lowest BCUT2D eigenvalue weighted by atomic mass is 10.0. The topological polar surface area (TPSA) is 80.6 Å². The van der Waals surface area contributed by atoms with Crippen LogP contribution in [0.1, 0.15) is 43.0 Å². The predicted octanol–water partition coefficient (Wildman–Crippen LogP) is 3.42. The highest BCUT2D eigenvalue weighted by Crippen LogP contribution is 2.35. The fraction of sp³-hybridized carbons (Fsp3) is 0.593. The van der Waals surface area contributed by atoms with Crippen molar-refractivity contribution in [1.29, 1.82) is 5.26 Å². The van der Waals surface area contributed by atoms with Gasteiger partial charge in [-0.1, -0.05) is 24.6 Å². The van der Waals surface area contributed by atoms with Crippen molar-refractivity contribution in [2.24, 2.45) is 0 Å². The summed E-state index contributed by atoms with van der Waals surface area (Å²) in [6.45, 7) is 7.90. The largest absolute Gasteiger partial charge is 0.462 e. The standard InChI is InChI=1S/C27H36ClN7O/c1-3-21-23(28)7-4-8-25(21)34-14-10-22-24(17-34)31-27(36-18-20-6-5-13-33(20)2)32-26(22)35-15-12-30-19(16-35)9-11-29/h4,7-8,19-20,30H,3,5-6,9-10,12-18H2,1-2H3/t19-,20-/m0/s1. The van der Waals surface area contributed by atoms with Gasteiger partial charge in [0.15, 0.2) is 0 Å². The lowest BCUT2D eigenvalue weighted by Gasteiger charge is -2.37. The minimum Gasteiger partial charge on any atom is -0.462 e. The van der Waals surface area contributed by atoms with Crippen LogP contribution >= 0.6 is 11.6 Å². The molecule has 0 spiro atoms. The molecule has 8 nitrogen and oxygen atoms in total. The van der Waals surface area contributed by atoms with Crippen LogP contribution < -0.4 is 19.9 Å². The zero-order valence-corrected chi connectivity index (χ0v) is 22.1. The average molecular weight is 510 g/mol. The van der Waals surface area contributed by atoms with Gasteiger partial charge in [-0.2, -0.15) is 15.2 Å². The predicted molar refractivity (Wildman–Crippen MR) is 143 cm³/mol. The highest BCUT2D eigenvalue weighted by atomic mass is 35.5. The summed E-state index contributed by atoms with van der Waals surface area (Å²) in [5.41, 5.74) is 4.59. The summed E-state index contributed by atoms with van der Waals surface area (Å²) in [6.07, 6.45) is 4.58. The van der Waals surface area contributed by atoms with Crippen LogP contribution in [0.3, 0.4) is 0 Å². The van der Waals surface area contributed by atoms with Gasteiger partial charge in [-0.05, 0) is 57.0 Å². The molecule has 0 saturated carbocycles. The van der Waals surface area contributed by atoms with Gasteiger partial charge in [-0.3, -0.25) is 0 Å². The first kappa shape index (κ1) is 25.1. The number of piperazine rings is 1. The minimum atomic E-state index is 0.143. The van der Waals surface area contributed by atoms with Gasteiger partial charge in [0, 0.05) is 54.5 Å². The Balaban J connectivity index is 1.45. The van der Waals surface area contributed by atoms with E-state index in [4.69, 9.17) is 26.3 Å². The molecule has 4 heterocycles. The Kier molecular flexibility index (Phi) is 7.80. The van der Waals surface area contributed by atoms with E-state index >= 15 is 0 Å². The average Bonchev–Trinajstić information content (AvgIpc) is 3.31. The molecule has 0 unspecified atom stereocenters. The fourth-order valence-electron chi connectivity index (χ4n) is 5.74. The van der Waals surface area contributed by atoms with Gasteiger partial charge in [0.2, 0.25) is 0 Å². The third-order valence-corrected chi connectivity index (χ3v) is 8.13. The summed E-state index contributed by atoms with van der Waals surface area (Å²) in [5.74, 6) is 0.973. The van der Waals surface area contributed by atoms with Gasteiger partial charge in [0.25, 0.3) is 0 Å². The van der Waals surface area contributed by atoms with Crippen LogP contribution in [0.2, 0.25) is 5.02 Å². The van der Waals surface area contributed by atoms with E-state index in [1.165, 1.54) is 23.2 Å². The number of halogens is 1. The van der Waals surface area contributed by atoms with Crippen molar-refractivity contribution in [3.63, 3.8) is 0 Å². The van der Waals surface area contributed by atoms with E-state index in [2.05, 4.69) is 46.1 Å². The van der Waals surface area contributed by atoms with Crippen molar-refractivity contribution in [2.75, 3.05) is 56.2 Å². The van der Waals surface area contributed by atoms with E-state index in [0.29, 0.717) is 31.6 Å². The smallest absolute Gasteiger partial charge is 0.318 e. The Morgan fingerprint density at radius 2 is 2.11 bits per heavy atom. The molecule has 9 heteroatoms. The first-order valence-electron chi connectivity index (χ1n) is 13.2. The SMILES string of the molecule is CCc1c(Cl)cccc1N1CCc2c(nc(OC[C@@H]3CCCN3C)nc2N2CCN[C@@H](CC#N)C2)C1. The summed E-state index contributed by atoms with van der Waals surface area (Å²) in [5, 5.41) is 13.5. The van der Waals surface area contributed by atoms with Gasteiger partial charge in [-0.25, -0.2) is 0 Å². The lowest BCUT2D eigenvalue weighted by Crippen LogP contribution is -2.51. The molecule has 5 rings (SSSR count). The van der Waals surface area contributed by atoms with Crippen molar-refractivity contribution in [3.05, 3.63) is 40.0 Å². The van der Waals surface area contributed by atoms with Crippen LogP contribution in [0.25, 0.3) is 0 Å². The Labute approximate surface area is 219 Å². The molecule has 2 saturated heterocycles. The van der Waals surface area contributed by atoms with Gasteiger partial charge >= 0.3 is 6.01 Å². The second-order valence-electron chi connectivity index (χ2n) is 10.1. The number of nitrogens with one attached hydrogen (secondary N) is 1. The van der Waals surface area contributed by atoms with E-state index in [0.717, 1.165) is 68.5 Å². The molecule has 2 fully saturated rings. The highest BCUT2D eigenvalue weighted by molar-refractivity contribution is 6.31. The van der Waals surface area contributed by atoms with Crippen LogP contribution in [0.5, 0.6) is 6.01 Å². The number of nitriles is 1. The van der Waals surface area contributed by atoms with Crippen LogP contribution in [0.4, 0.5) is 11.5 Å². The molecule has 2 atom stereocenters. The maximum Gasteiger partial charge on any atom is 0.318 e. The number of anilines is 2. The Morgan fingerprint density at radius 1 is 1.22 bits per heavy atom. The zero-order chi connectivity index (χ0) is 25.1. The lowest BCUT2D eigenvalue weighted by molar-refractivity contribution is 0.187. The molecule has 0 aliphatic carbocycles. The maximum atomic E-state index is 9.23. The van der Waals surface area contributed by atoms with Gasteiger partial charge in [0.05, 0.1) is 24.7 Å². The number of fused-ring (bicyclic) bond motifs is 1. The second kappa shape index (κ2) is 11.2. The minimum absolute atomic E-state index is 0.143. The molecule has 0 radical (unpaired) electrons. The number of rotatable bonds is 7. The molecule has 3 aliphatic rings. The first-order chi connectivity index (χ1) is 17.6. The van der Waals surface area contributed by atoms with Crippen LogP contribution in [-0.4, -0.2) is 73.3 Å². The van der Waals surface area contributed by atoms with E-state index in [1.54, 1.807) is 0 Å². The zero-order valence-electron chi connectivity index (χ0n) is 21.3.